The van der Waals surface area contributed by atoms with Crippen molar-refractivity contribution in [3.05, 3.63) is 0 Å². The van der Waals surface area contributed by atoms with Gasteiger partial charge in [-0.1, -0.05) is 0 Å². The zero-order valence-corrected chi connectivity index (χ0v) is 11.1. The van der Waals surface area contributed by atoms with Crippen LogP contribution >= 0.6 is 0 Å². The van der Waals surface area contributed by atoms with E-state index in [-0.39, 0.29) is 6.10 Å². The van der Waals surface area contributed by atoms with Crippen molar-refractivity contribution in [3.63, 3.8) is 0 Å². The van der Waals surface area contributed by atoms with Gasteiger partial charge in [0.1, 0.15) is 24.4 Å². The molecule has 6 heteroatoms. The molecule has 18 heavy (non-hydrogen) atoms. The summed E-state index contributed by atoms with van der Waals surface area (Å²) >= 11 is 0. The van der Waals surface area contributed by atoms with Crippen molar-refractivity contribution in [2.75, 3.05) is 6.61 Å². The van der Waals surface area contributed by atoms with Crippen molar-refractivity contribution in [3.8, 4) is 0 Å². The lowest BCUT2D eigenvalue weighted by molar-refractivity contribution is -0.232. The zero-order valence-electron chi connectivity index (χ0n) is 11.1. The Balaban J connectivity index is 1.68. The predicted molar refractivity (Wildman–Crippen MR) is 59.6 cm³/mol. The number of ether oxygens (including phenoxy) is 5. The van der Waals surface area contributed by atoms with Gasteiger partial charge in [0.15, 0.2) is 17.9 Å². The molecular formula is C12H20O6. The van der Waals surface area contributed by atoms with Gasteiger partial charge in [-0.25, -0.2) is 0 Å². The van der Waals surface area contributed by atoms with Gasteiger partial charge >= 0.3 is 0 Å². The lowest BCUT2D eigenvalue weighted by Gasteiger charge is -2.26. The van der Waals surface area contributed by atoms with E-state index in [0.717, 1.165) is 0 Å². The van der Waals surface area contributed by atoms with Gasteiger partial charge in [-0.15, -0.1) is 0 Å². The Morgan fingerprint density at radius 3 is 2.22 bits per heavy atom. The van der Waals surface area contributed by atoms with Crippen LogP contribution < -0.4 is 0 Å². The van der Waals surface area contributed by atoms with Crippen LogP contribution in [0, 0.1) is 0 Å². The van der Waals surface area contributed by atoms with Gasteiger partial charge in [-0.05, 0) is 27.7 Å². The van der Waals surface area contributed by atoms with E-state index >= 15 is 0 Å². The van der Waals surface area contributed by atoms with Gasteiger partial charge in [0, 0.05) is 0 Å². The van der Waals surface area contributed by atoms with Crippen molar-refractivity contribution in [1.82, 2.24) is 0 Å². The third-order valence-corrected chi connectivity index (χ3v) is 3.45. The van der Waals surface area contributed by atoms with Gasteiger partial charge in [0.25, 0.3) is 0 Å². The molecule has 3 fully saturated rings. The van der Waals surface area contributed by atoms with E-state index in [4.69, 9.17) is 23.7 Å². The molecule has 3 aliphatic rings. The summed E-state index contributed by atoms with van der Waals surface area (Å²) in [5, 5.41) is 10.3. The van der Waals surface area contributed by atoms with Gasteiger partial charge < -0.3 is 28.8 Å². The third-order valence-electron chi connectivity index (χ3n) is 3.45. The molecule has 104 valence electrons. The first-order valence-corrected chi connectivity index (χ1v) is 6.28. The number of aliphatic hydroxyl groups excluding tert-OH is 1. The van der Waals surface area contributed by atoms with E-state index in [0.29, 0.717) is 6.61 Å². The minimum absolute atomic E-state index is 0.295. The molecule has 0 aromatic carbocycles. The van der Waals surface area contributed by atoms with E-state index < -0.39 is 36.2 Å². The third kappa shape index (κ3) is 2.07. The molecule has 2 unspecified atom stereocenters. The number of hydrogen-bond acceptors (Lipinski definition) is 6. The van der Waals surface area contributed by atoms with Crippen molar-refractivity contribution >= 4 is 0 Å². The SMILES string of the molecule is CC1(C)OCC(C2O[C@@H]3OC(C)(C)O[C@@H]3[C@H]2O)O1. The van der Waals surface area contributed by atoms with Crippen LogP contribution in [0.3, 0.4) is 0 Å². The van der Waals surface area contributed by atoms with Crippen molar-refractivity contribution in [2.24, 2.45) is 0 Å². The summed E-state index contributed by atoms with van der Waals surface area (Å²) in [6.45, 7) is 7.68. The van der Waals surface area contributed by atoms with Crippen LogP contribution in [-0.4, -0.2) is 54.0 Å². The number of hydrogen-bond donors (Lipinski definition) is 1. The maximum Gasteiger partial charge on any atom is 0.190 e. The standard InChI is InChI=1S/C12H20O6/c1-11(2)14-5-6(16-11)8-7(13)9-10(15-8)18-12(3,4)17-9/h6-10,13H,5H2,1-4H3/t6?,7-,8?,9+,10+/m0/s1. The summed E-state index contributed by atoms with van der Waals surface area (Å²) in [7, 11) is 0. The fourth-order valence-corrected chi connectivity index (χ4v) is 2.70. The van der Waals surface area contributed by atoms with Gasteiger partial charge in [-0.2, -0.15) is 0 Å². The molecule has 0 radical (unpaired) electrons. The monoisotopic (exact) mass is 260 g/mol. The Kier molecular flexibility index (Phi) is 2.75. The minimum atomic E-state index is -0.765. The molecule has 6 nitrogen and oxygen atoms in total. The first-order valence-electron chi connectivity index (χ1n) is 6.28. The molecule has 0 saturated carbocycles. The molecule has 0 aromatic heterocycles. The fourth-order valence-electron chi connectivity index (χ4n) is 2.70. The number of aliphatic hydroxyl groups is 1. The predicted octanol–water partition coefficient (Wildman–Crippen LogP) is 0.375. The molecule has 0 aliphatic carbocycles. The molecule has 0 amide bonds. The maximum atomic E-state index is 10.3. The topological polar surface area (TPSA) is 66.4 Å². The van der Waals surface area contributed by atoms with Crippen LogP contribution in [0.1, 0.15) is 27.7 Å². The molecule has 0 aromatic rings. The highest BCUT2D eigenvalue weighted by Crippen LogP contribution is 2.40. The Morgan fingerprint density at radius 1 is 0.944 bits per heavy atom. The summed E-state index contributed by atoms with van der Waals surface area (Å²) in [6.07, 6.45) is -2.53. The molecule has 5 atom stereocenters. The van der Waals surface area contributed by atoms with Crippen LogP contribution in [0.2, 0.25) is 0 Å². The smallest absolute Gasteiger partial charge is 0.190 e. The van der Waals surface area contributed by atoms with Crippen LogP contribution in [0.25, 0.3) is 0 Å². The first kappa shape index (κ1) is 12.8. The maximum absolute atomic E-state index is 10.3. The van der Waals surface area contributed by atoms with E-state index in [1.54, 1.807) is 13.8 Å². The van der Waals surface area contributed by atoms with Gasteiger partial charge in [-0.3, -0.25) is 0 Å². The van der Waals surface area contributed by atoms with Crippen LogP contribution in [-0.2, 0) is 23.7 Å². The lowest BCUT2D eigenvalue weighted by atomic mass is 10.1. The molecule has 3 heterocycles. The average molecular weight is 260 g/mol. The van der Waals surface area contributed by atoms with Crippen molar-refractivity contribution in [2.45, 2.75) is 70.0 Å². The number of rotatable bonds is 1. The average Bonchev–Trinajstić information content (AvgIpc) is 2.81. The second-order valence-electron chi connectivity index (χ2n) is 5.93. The van der Waals surface area contributed by atoms with E-state index in [9.17, 15) is 5.11 Å². The van der Waals surface area contributed by atoms with Crippen LogP contribution in [0.4, 0.5) is 0 Å². The quantitative estimate of drug-likeness (QED) is 0.735. The van der Waals surface area contributed by atoms with E-state index in [1.165, 1.54) is 0 Å². The van der Waals surface area contributed by atoms with E-state index in [2.05, 4.69) is 0 Å². The Labute approximate surface area is 106 Å². The summed E-state index contributed by atoms with van der Waals surface area (Å²) in [5.74, 6) is -1.35. The highest BCUT2D eigenvalue weighted by Gasteiger charge is 2.57. The number of fused-ring (bicyclic) bond motifs is 1. The zero-order chi connectivity index (χ0) is 13.1. The highest BCUT2D eigenvalue weighted by molar-refractivity contribution is 4.97. The Bertz CT molecular complexity index is 341. The highest BCUT2D eigenvalue weighted by atomic mass is 16.8. The summed E-state index contributed by atoms with van der Waals surface area (Å²) in [6, 6.07) is 0. The molecule has 0 spiro atoms. The Morgan fingerprint density at radius 2 is 1.67 bits per heavy atom. The van der Waals surface area contributed by atoms with Crippen molar-refractivity contribution < 1.29 is 28.8 Å². The summed E-state index contributed by atoms with van der Waals surface area (Å²) < 4.78 is 28.1. The normalized spacial score (nSPS) is 49.5. The molecule has 3 saturated heterocycles. The summed E-state index contributed by atoms with van der Waals surface area (Å²) in [5.41, 5.74) is 0. The van der Waals surface area contributed by atoms with Crippen LogP contribution in [0.15, 0.2) is 0 Å². The second-order valence-corrected chi connectivity index (χ2v) is 5.93. The molecular weight excluding hydrogens is 240 g/mol. The second kappa shape index (κ2) is 3.88. The minimum Gasteiger partial charge on any atom is -0.387 e. The van der Waals surface area contributed by atoms with Crippen molar-refractivity contribution in [1.29, 1.82) is 0 Å². The van der Waals surface area contributed by atoms with Crippen LogP contribution in [0.5, 0.6) is 0 Å². The molecule has 3 aliphatic heterocycles. The largest absolute Gasteiger partial charge is 0.387 e. The van der Waals surface area contributed by atoms with Gasteiger partial charge in [0.2, 0.25) is 0 Å². The molecule has 0 bridgehead atoms. The lowest BCUT2D eigenvalue weighted by Crippen LogP contribution is -2.42. The first-order chi connectivity index (χ1) is 8.27. The fraction of sp³-hybridized carbons (Fsp3) is 1.00. The van der Waals surface area contributed by atoms with Gasteiger partial charge in [0.05, 0.1) is 6.61 Å². The summed E-state index contributed by atoms with van der Waals surface area (Å²) in [4.78, 5) is 0. The molecule has 3 rings (SSSR count). The Hall–Kier alpha value is -0.240. The molecule has 1 N–H and O–H groups in total. The van der Waals surface area contributed by atoms with E-state index in [1.807, 2.05) is 13.8 Å².